The van der Waals surface area contributed by atoms with Crippen molar-refractivity contribution in [1.82, 2.24) is 10.2 Å². The van der Waals surface area contributed by atoms with Gasteiger partial charge >= 0.3 is 0 Å². The normalized spacial score (nSPS) is 18.7. The lowest BCUT2D eigenvalue weighted by atomic mass is 10.1. The number of carbonyl (C=O) groups is 2. The number of amides is 2. The molecule has 1 aliphatic heterocycles. The minimum atomic E-state index is -0.141. The van der Waals surface area contributed by atoms with E-state index in [1.54, 1.807) is 6.07 Å². The van der Waals surface area contributed by atoms with E-state index in [0.717, 1.165) is 16.9 Å². The van der Waals surface area contributed by atoms with Crippen LogP contribution in [0, 0.1) is 6.92 Å². The number of morpholine rings is 1. The van der Waals surface area contributed by atoms with Gasteiger partial charge in [-0.3, -0.25) is 9.59 Å². The Hall–Kier alpha value is -2.86. The van der Waals surface area contributed by atoms with Crippen molar-refractivity contribution in [3.63, 3.8) is 0 Å². The second-order valence-corrected chi connectivity index (χ2v) is 7.76. The van der Waals surface area contributed by atoms with Gasteiger partial charge in [0.25, 0.3) is 11.8 Å². The molecule has 6 heteroatoms. The smallest absolute Gasteiger partial charge is 0.254 e. The molecule has 0 radical (unpaired) electrons. The zero-order valence-corrected chi connectivity index (χ0v) is 18.1. The maximum absolute atomic E-state index is 12.7. The van der Waals surface area contributed by atoms with Crippen LogP contribution in [0.25, 0.3) is 0 Å². The predicted molar refractivity (Wildman–Crippen MR) is 116 cm³/mol. The van der Waals surface area contributed by atoms with E-state index in [9.17, 15) is 9.59 Å². The fraction of sp³-hybridized carbons (Fsp3) is 0.417. The quantitative estimate of drug-likeness (QED) is 0.791. The summed E-state index contributed by atoms with van der Waals surface area (Å²) in [7, 11) is 0. The van der Waals surface area contributed by atoms with Gasteiger partial charge in [-0.15, -0.1) is 0 Å². The maximum Gasteiger partial charge on any atom is 0.254 e. The Morgan fingerprint density at radius 3 is 2.30 bits per heavy atom. The number of benzene rings is 2. The highest BCUT2D eigenvalue weighted by atomic mass is 16.5. The number of nitrogens with zero attached hydrogens (tertiary/aromatic N) is 1. The number of rotatable bonds is 6. The van der Waals surface area contributed by atoms with Crippen molar-refractivity contribution in [2.75, 3.05) is 19.7 Å². The summed E-state index contributed by atoms with van der Waals surface area (Å²) in [5, 5.41) is 2.93. The van der Waals surface area contributed by atoms with E-state index in [1.807, 2.05) is 69.0 Å². The first-order chi connectivity index (χ1) is 14.4. The molecule has 3 rings (SSSR count). The Morgan fingerprint density at radius 1 is 1.07 bits per heavy atom. The lowest BCUT2D eigenvalue weighted by Gasteiger charge is -2.35. The molecule has 2 aromatic carbocycles. The number of hydrogen-bond donors (Lipinski definition) is 1. The zero-order valence-electron chi connectivity index (χ0n) is 18.1. The van der Waals surface area contributed by atoms with Crippen molar-refractivity contribution in [2.24, 2.45) is 0 Å². The highest BCUT2D eigenvalue weighted by Gasteiger charge is 2.26. The average molecular weight is 411 g/mol. The van der Waals surface area contributed by atoms with Crippen LogP contribution in [0.15, 0.2) is 42.5 Å². The maximum atomic E-state index is 12.7. The zero-order chi connectivity index (χ0) is 21.7. The molecule has 6 nitrogen and oxygen atoms in total. The fourth-order valence-corrected chi connectivity index (χ4v) is 3.68. The van der Waals surface area contributed by atoms with Crippen LogP contribution in [-0.2, 0) is 11.3 Å². The molecule has 0 bridgehead atoms. The van der Waals surface area contributed by atoms with Crippen molar-refractivity contribution in [3.8, 4) is 5.75 Å². The van der Waals surface area contributed by atoms with Gasteiger partial charge in [0.2, 0.25) is 0 Å². The standard InChI is InChI=1S/C24H30N2O4/c1-5-29-22-11-10-21(12-16(22)2)23(27)25-13-19-6-8-20(9-7-19)24(28)26-14-17(3)30-18(4)15-26/h6-12,17-18H,5,13-15H2,1-4H3,(H,25,27). The van der Waals surface area contributed by atoms with Gasteiger partial charge in [-0.25, -0.2) is 0 Å². The van der Waals surface area contributed by atoms with Crippen LogP contribution in [-0.4, -0.2) is 48.6 Å². The first-order valence-electron chi connectivity index (χ1n) is 10.4. The molecule has 2 amide bonds. The summed E-state index contributed by atoms with van der Waals surface area (Å²) in [6.45, 7) is 10.0. The van der Waals surface area contributed by atoms with Crippen LogP contribution >= 0.6 is 0 Å². The SMILES string of the molecule is CCOc1ccc(C(=O)NCc2ccc(C(=O)N3CC(C)OC(C)C3)cc2)cc1C. The van der Waals surface area contributed by atoms with E-state index in [0.29, 0.717) is 37.4 Å². The van der Waals surface area contributed by atoms with Gasteiger partial charge in [0.05, 0.1) is 18.8 Å². The summed E-state index contributed by atoms with van der Waals surface area (Å²) in [4.78, 5) is 27.0. The lowest BCUT2D eigenvalue weighted by Crippen LogP contribution is -2.48. The highest BCUT2D eigenvalue weighted by molar-refractivity contribution is 5.95. The largest absolute Gasteiger partial charge is 0.494 e. The van der Waals surface area contributed by atoms with E-state index in [-0.39, 0.29) is 24.0 Å². The van der Waals surface area contributed by atoms with Crippen LogP contribution < -0.4 is 10.1 Å². The van der Waals surface area contributed by atoms with Gasteiger partial charge < -0.3 is 19.7 Å². The number of carbonyl (C=O) groups excluding carboxylic acids is 2. The van der Waals surface area contributed by atoms with Gasteiger partial charge in [0.15, 0.2) is 0 Å². The summed E-state index contributed by atoms with van der Waals surface area (Å²) in [5.41, 5.74) is 3.11. The molecule has 0 saturated carbocycles. The topological polar surface area (TPSA) is 67.9 Å². The molecular formula is C24H30N2O4. The Balaban J connectivity index is 1.57. The van der Waals surface area contributed by atoms with Crippen LogP contribution in [0.5, 0.6) is 5.75 Å². The van der Waals surface area contributed by atoms with Gasteiger partial charge in [0.1, 0.15) is 5.75 Å². The van der Waals surface area contributed by atoms with Crippen LogP contribution in [0.3, 0.4) is 0 Å². The summed E-state index contributed by atoms with van der Waals surface area (Å²) in [6.07, 6.45) is 0.0804. The predicted octanol–water partition coefficient (Wildman–Crippen LogP) is 3.57. The second kappa shape index (κ2) is 9.76. The van der Waals surface area contributed by atoms with E-state index >= 15 is 0 Å². The molecule has 160 valence electrons. The van der Waals surface area contributed by atoms with Gasteiger partial charge in [-0.05, 0) is 69.2 Å². The summed E-state index contributed by atoms with van der Waals surface area (Å²) < 4.78 is 11.2. The Labute approximate surface area is 178 Å². The fourth-order valence-electron chi connectivity index (χ4n) is 3.68. The van der Waals surface area contributed by atoms with Crippen molar-refractivity contribution in [1.29, 1.82) is 0 Å². The second-order valence-electron chi connectivity index (χ2n) is 7.76. The third kappa shape index (κ3) is 5.39. The van der Waals surface area contributed by atoms with Crippen molar-refractivity contribution >= 4 is 11.8 Å². The first-order valence-corrected chi connectivity index (χ1v) is 10.4. The Morgan fingerprint density at radius 2 is 1.70 bits per heavy atom. The molecule has 0 aliphatic carbocycles. The van der Waals surface area contributed by atoms with Crippen LogP contribution in [0.2, 0.25) is 0 Å². The number of aryl methyl sites for hydroxylation is 1. The monoisotopic (exact) mass is 410 g/mol. The lowest BCUT2D eigenvalue weighted by molar-refractivity contribution is -0.0586. The number of nitrogens with one attached hydrogen (secondary N) is 1. The number of hydrogen-bond acceptors (Lipinski definition) is 4. The Kier molecular flexibility index (Phi) is 7.11. The molecule has 30 heavy (non-hydrogen) atoms. The highest BCUT2D eigenvalue weighted by Crippen LogP contribution is 2.19. The van der Waals surface area contributed by atoms with E-state index < -0.39 is 0 Å². The molecule has 1 N–H and O–H groups in total. The van der Waals surface area contributed by atoms with Gasteiger partial charge in [-0.2, -0.15) is 0 Å². The Bertz CT molecular complexity index is 885. The van der Waals surface area contributed by atoms with Gasteiger partial charge in [0, 0.05) is 30.8 Å². The molecule has 2 atom stereocenters. The molecule has 2 aromatic rings. The van der Waals surface area contributed by atoms with Crippen LogP contribution in [0.4, 0.5) is 0 Å². The third-order valence-electron chi connectivity index (χ3n) is 5.10. The van der Waals surface area contributed by atoms with Crippen molar-refractivity contribution < 1.29 is 19.1 Å². The minimum absolute atomic E-state index is 0.0115. The van der Waals surface area contributed by atoms with Crippen LogP contribution in [0.1, 0.15) is 52.6 Å². The van der Waals surface area contributed by atoms with Crippen molar-refractivity contribution in [2.45, 2.75) is 46.4 Å². The minimum Gasteiger partial charge on any atom is -0.494 e. The molecule has 0 aromatic heterocycles. The summed E-state index contributed by atoms with van der Waals surface area (Å²) in [6, 6.07) is 12.8. The molecule has 0 spiro atoms. The molecular weight excluding hydrogens is 380 g/mol. The summed E-state index contributed by atoms with van der Waals surface area (Å²) in [5.74, 6) is 0.661. The molecule has 1 aliphatic rings. The molecule has 1 saturated heterocycles. The van der Waals surface area contributed by atoms with Crippen molar-refractivity contribution in [3.05, 3.63) is 64.7 Å². The summed E-state index contributed by atoms with van der Waals surface area (Å²) >= 11 is 0. The average Bonchev–Trinajstić information content (AvgIpc) is 2.72. The van der Waals surface area contributed by atoms with E-state index in [1.165, 1.54) is 0 Å². The first kappa shape index (κ1) is 21.8. The van der Waals surface area contributed by atoms with E-state index in [4.69, 9.17) is 9.47 Å². The molecule has 1 fully saturated rings. The van der Waals surface area contributed by atoms with E-state index in [2.05, 4.69) is 5.32 Å². The van der Waals surface area contributed by atoms with Gasteiger partial charge in [-0.1, -0.05) is 12.1 Å². The molecule has 1 heterocycles. The third-order valence-corrected chi connectivity index (χ3v) is 5.10. The number of ether oxygens (including phenoxy) is 2. The molecule has 2 unspecified atom stereocenters.